The smallest absolute Gasteiger partial charge is 0.243 e. The number of aliphatic hydroxyl groups excluding tert-OH is 1. The number of ether oxygens (including phenoxy) is 2. The molecule has 0 aliphatic carbocycles. The summed E-state index contributed by atoms with van der Waals surface area (Å²) in [5.41, 5.74) is 3.76. The van der Waals surface area contributed by atoms with Gasteiger partial charge < -0.3 is 24.8 Å². The standard InChI is InChI=1S/C24H27N3O4S/c1-15-6-4-5-7-16(15)12-25-23(29)21-10-17(28)13-27(21)24-26-20(14-32-24)19-11-18(30-2)8-9-22(19)31-3/h4-9,11,14,17,21,28H,10,12-13H2,1-3H3,(H,25,29)/t17?,21-/m0/s1. The number of nitrogens with zero attached hydrogens (tertiary/aromatic N) is 2. The van der Waals surface area contributed by atoms with E-state index in [-0.39, 0.29) is 5.91 Å². The van der Waals surface area contributed by atoms with E-state index in [2.05, 4.69) is 5.32 Å². The number of amides is 1. The Morgan fingerprint density at radius 1 is 1.25 bits per heavy atom. The Hall–Kier alpha value is -3.10. The molecule has 1 aliphatic heterocycles. The lowest BCUT2D eigenvalue weighted by atomic mass is 10.1. The number of hydrogen-bond acceptors (Lipinski definition) is 7. The van der Waals surface area contributed by atoms with Crippen LogP contribution in [0.5, 0.6) is 11.5 Å². The van der Waals surface area contributed by atoms with Crippen LogP contribution < -0.4 is 19.7 Å². The molecule has 2 heterocycles. The van der Waals surface area contributed by atoms with Gasteiger partial charge in [-0.15, -0.1) is 11.3 Å². The van der Waals surface area contributed by atoms with Gasteiger partial charge in [0, 0.05) is 30.5 Å². The molecule has 4 rings (SSSR count). The van der Waals surface area contributed by atoms with Gasteiger partial charge >= 0.3 is 0 Å². The molecule has 32 heavy (non-hydrogen) atoms. The Balaban J connectivity index is 1.53. The SMILES string of the molecule is COc1ccc(OC)c(-c2csc(N3CC(O)C[C@H]3C(=O)NCc3ccccc3C)n2)c1. The summed E-state index contributed by atoms with van der Waals surface area (Å²) in [6.07, 6.45) is -0.209. The summed E-state index contributed by atoms with van der Waals surface area (Å²) in [5.74, 6) is 1.29. The fraction of sp³-hybridized carbons (Fsp3) is 0.333. The van der Waals surface area contributed by atoms with Crippen molar-refractivity contribution in [3.8, 4) is 22.8 Å². The summed E-state index contributed by atoms with van der Waals surface area (Å²) >= 11 is 1.44. The van der Waals surface area contributed by atoms with Gasteiger partial charge in [0.1, 0.15) is 17.5 Å². The van der Waals surface area contributed by atoms with E-state index in [4.69, 9.17) is 14.5 Å². The zero-order valence-electron chi connectivity index (χ0n) is 18.4. The number of rotatable bonds is 7. The maximum atomic E-state index is 13.0. The molecule has 7 nitrogen and oxygen atoms in total. The number of hydrogen-bond donors (Lipinski definition) is 2. The molecule has 0 radical (unpaired) electrons. The predicted molar refractivity (Wildman–Crippen MR) is 125 cm³/mol. The first-order valence-electron chi connectivity index (χ1n) is 10.4. The zero-order chi connectivity index (χ0) is 22.7. The van der Waals surface area contributed by atoms with Crippen molar-refractivity contribution in [1.29, 1.82) is 0 Å². The third-order valence-corrected chi connectivity index (χ3v) is 6.59. The van der Waals surface area contributed by atoms with Gasteiger partial charge in [0.05, 0.1) is 26.0 Å². The van der Waals surface area contributed by atoms with Crippen LogP contribution in [0.1, 0.15) is 17.5 Å². The maximum absolute atomic E-state index is 13.0. The van der Waals surface area contributed by atoms with E-state index >= 15 is 0 Å². The van der Waals surface area contributed by atoms with Crippen molar-refractivity contribution in [3.05, 3.63) is 59.0 Å². The lowest BCUT2D eigenvalue weighted by Crippen LogP contribution is -2.43. The molecule has 0 saturated carbocycles. The van der Waals surface area contributed by atoms with Crippen molar-refractivity contribution in [2.24, 2.45) is 0 Å². The Morgan fingerprint density at radius 3 is 2.81 bits per heavy atom. The minimum absolute atomic E-state index is 0.111. The number of carbonyl (C=O) groups excluding carboxylic acids is 1. The van der Waals surface area contributed by atoms with Crippen molar-refractivity contribution < 1.29 is 19.4 Å². The van der Waals surface area contributed by atoms with E-state index in [0.717, 1.165) is 22.4 Å². The fourth-order valence-electron chi connectivity index (χ4n) is 3.92. The van der Waals surface area contributed by atoms with Gasteiger partial charge in [0.25, 0.3) is 0 Å². The molecule has 1 unspecified atom stereocenters. The molecule has 168 valence electrons. The normalized spacial score (nSPS) is 17.9. The molecule has 1 aliphatic rings. The highest BCUT2D eigenvalue weighted by Gasteiger charge is 2.37. The van der Waals surface area contributed by atoms with Crippen molar-refractivity contribution in [3.63, 3.8) is 0 Å². The number of aromatic nitrogens is 1. The van der Waals surface area contributed by atoms with Crippen LogP contribution in [0.4, 0.5) is 5.13 Å². The highest BCUT2D eigenvalue weighted by Crippen LogP contribution is 2.37. The number of benzene rings is 2. The largest absolute Gasteiger partial charge is 0.497 e. The molecule has 1 fully saturated rings. The van der Waals surface area contributed by atoms with E-state index < -0.39 is 12.1 Å². The number of nitrogens with one attached hydrogen (secondary N) is 1. The third-order valence-electron chi connectivity index (χ3n) is 5.72. The van der Waals surface area contributed by atoms with Crippen molar-refractivity contribution in [2.45, 2.75) is 32.0 Å². The van der Waals surface area contributed by atoms with Crippen LogP contribution in [0.15, 0.2) is 47.8 Å². The Morgan fingerprint density at radius 2 is 2.06 bits per heavy atom. The van der Waals surface area contributed by atoms with Gasteiger partial charge in [-0.05, 0) is 36.2 Å². The van der Waals surface area contributed by atoms with Gasteiger partial charge in [-0.25, -0.2) is 4.98 Å². The van der Waals surface area contributed by atoms with Crippen LogP contribution in [0.2, 0.25) is 0 Å². The molecular formula is C24H27N3O4S. The molecule has 1 saturated heterocycles. The molecule has 1 amide bonds. The summed E-state index contributed by atoms with van der Waals surface area (Å²) in [4.78, 5) is 19.6. The molecule has 1 aromatic heterocycles. The second-order valence-electron chi connectivity index (χ2n) is 7.78. The minimum Gasteiger partial charge on any atom is -0.497 e. The maximum Gasteiger partial charge on any atom is 0.243 e. The molecule has 0 bridgehead atoms. The predicted octanol–water partition coefficient (Wildman–Crippen LogP) is 3.39. The lowest BCUT2D eigenvalue weighted by Gasteiger charge is -2.23. The quantitative estimate of drug-likeness (QED) is 0.571. The van der Waals surface area contributed by atoms with Gasteiger partial charge in [-0.3, -0.25) is 4.79 Å². The highest BCUT2D eigenvalue weighted by molar-refractivity contribution is 7.14. The first-order chi connectivity index (χ1) is 15.5. The lowest BCUT2D eigenvalue weighted by molar-refractivity contribution is -0.122. The van der Waals surface area contributed by atoms with Gasteiger partial charge in [-0.1, -0.05) is 24.3 Å². The minimum atomic E-state index is -0.581. The monoisotopic (exact) mass is 453 g/mol. The van der Waals surface area contributed by atoms with Crippen LogP contribution in [0.25, 0.3) is 11.3 Å². The molecule has 2 atom stereocenters. The van der Waals surface area contributed by atoms with Crippen LogP contribution >= 0.6 is 11.3 Å². The summed E-state index contributed by atoms with van der Waals surface area (Å²) in [6, 6.07) is 13.1. The van der Waals surface area contributed by atoms with Gasteiger partial charge in [0.2, 0.25) is 5.91 Å². The number of aryl methyl sites for hydroxylation is 1. The summed E-state index contributed by atoms with van der Waals surface area (Å²) in [6.45, 7) is 2.85. The van der Waals surface area contributed by atoms with E-state index in [1.54, 1.807) is 14.2 Å². The number of β-amino-alcohol motifs (C(OH)–C–C–N with tert-alkyl or cyclic N) is 1. The number of carbonyl (C=O) groups is 1. The molecule has 2 N–H and O–H groups in total. The van der Waals surface area contributed by atoms with Gasteiger partial charge in [0.15, 0.2) is 5.13 Å². The first kappa shape index (κ1) is 22.1. The molecule has 3 aromatic rings. The number of thiazole rings is 1. The number of methoxy groups -OCH3 is 2. The van der Waals surface area contributed by atoms with Crippen LogP contribution in [0.3, 0.4) is 0 Å². The van der Waals surface area contributed by atoms with Crippen molar-refractivity contribution in [2.75, 3.05) is 25.7 Å². The Labute approximate surface area is 191 Å². The number of aliphatic hydroxyl groups is 1. The fourth-order valence-corrected chi connectivity index (χ4v) is 4.80. The molecule has 2 aromatic carbocycles. The third kappa shape index (κ3) is 4.56. The second kappa shape index (κ2) is 9.58. The molecular weight excluding hydrogens is 426 g/mol. The highest BCUT2D eigenvalue weighted by atomic mass is 32.1. The Kier molecular flexibility index (Phi) is 6.62. The van der Waals surface area contributed by atoms with E-state index in [1.165, 1.54) is 11.3 Å². The van der Waals surface area contributed by atoms with Crippen LogP contribution in [0, 0.1) is 6.92 Å². The van der Waals surface area contributed by atoms with E-state index in [9.17, 15) is 9.90 Å². The summed E-state index contributed by atoms with van der Waals surface area (Å²) in [5, 5.41) is 15.9. The summed E-state index contributed by atoms with van der Waals surface area (Å²) in [7, 11) is 3.23. The molecule has 0 spiro atoms. The average Bonchev–Trinajstić information content (AvgIpc) is 3.44. The van der Waals surface area contributed by atoms with E-state index in [1.807, 2.05) is 59.7 Å². The summed E-state index contributed by atoms with van der Waals surface area (Å²) < 4.78 is 10.8. The van der Waals surface area contributed by atoms with Crippen molar-refractivity contribution in [1.82, 2.24) is 10.3 Å². The van der Waals surface area contributed by atoms with Gasteiger partial charge in [-0.2, -0.15) is 0 Å². The average molecular weight is 454 g/mol. The zero-order valence-corrected chi connectivity index (χ0v) is 19.2. The van der Waals surface area contributed by atoms with Crippen LogP contribution in [-0.2, 0) is 11.3 Å². The van der Waals surface area contributed by atoms with Crippen molar-refractivity contribution >= 4 is 22.4 Å². The van der Waals surface area contributed by atoms with Crippen LogP contribution in [-0.4, -0.2) is 48.9 Å². The second-order valence-corrected chi connectivity index (χ2v) is 8.62. The number of anilines is 1. The van der Waals surface area contributed by atoms with E-state index in [0.29, 0.717) is 36.1 Å². The Bertz CT molecular complexity index is 1100. The first-order valence-corrected chi connectivity index (χ1v) is 11.3. The molecule has 8 heteroatoms. The topological polar surface area (TPSA) is 83.9 Å².